The van der Waals surface area contributed by atoms with Crippen LogP contribution in [0, 0.1) is 0 Å². The molecule has 1 amide bonds. The third kappa shape index (κ3) is 3.10. The van der Waals surface area contributed by atoms with Crippen LogP contribution in [0.3, 0.4) is 0 Å². The zero-order valence-corrected chi connectivity index (χ0v) is 15.2. The number of nitrogens with one attached hydrogen (secondary N) is 1. The van der Waals surface area contributed by atoms with Gasteiger partial charge in [-0.1, -0.05) is 35.9 Å². The Kier molecular flexibility index (Phi) is 4.47. The lowest BCUT2D eigenvalue weighted by Crippen LogP contribution is -2.51. The van der Waals surface area contributed by atoms with Crippen LogP contribution in [-0.4, -0.2) is 24.1 Å². The first-order chi connectivity index (χ1) is 12.6. The highest BCUT2D eigenvalue weighted by Crippen LogP contribution is 2.30. The van der Waals surface area contributed by atoms with Gasteiger partial charge in [0.1, 0.15) is 5.82 Å². The summed E-state index contributed by atoms with van der Waals surface area (Å²) < 4.78 is 0. The maximum Gasteiger partial charge on any atom is 0.263 e. The topological polar surface area (TPSA) is 57.1 Å². The Morgan fingerprint density at radius 2 is 2.08 bits per heavy atom. The van der Waals surface area contributed by atoms with Crippen molar-refractivity contribution in [2.24, 2.45) is 9.98 Å². The minimum Gasteiger partial charge on any atom is -0.310 e. The SMILES string of the molecule is CC1=C(NC2=NC3CC=C(Cl)C=C3C(=O)N2c2ccccc2)N=CCC1. The summed E-state index contributed by atoms with van der Waals surface area (Å²) in [5.41, 5.74) is 2.53. The first-order valence-corrected chi connectivity index (χ1v) is 9.05. The van der Waals surface area contributed by atoms with E-state index in [0.717, 1.165) is 29.9 Å². The van der Waals surface area contributed by atoms with Crippen LogP contribution in [0.4, 0.5) is 5.69 Å². The summed E-state index contributed by atoms with van der Waals surface area (Å²) in [6.45, 7) is 2.05. The van der Waals surface area contributed by atoms with Gasteiger partial charge < -0.3 is 5.32 Å². The standard InChI is InChI=1S/C20H19ClN4O/c1-13-6-5-11-22-18(13)24-20-23-17-10-9-14(21)12-16(17)19(26)25(20)15-7-3-2-4-8-15/h2-4,7-9,11-12,17H,5-6,10H2,1H3,(H,23,24). The number of carbonyl (C=O) groups excluding carboxylic acids is 1. The van der Waals surface area contributed by atoms with E-state index >= 15 is 0 Å². The fraction of sp³-hybridized carbons (Fsp3) is 0.250. The van der Waals surface area contributed by atoms with Crippen LogP contribution < -0.4 is 10.2 Å². The number of benzene rings is 1. The van der Waals surface area contributed by atoms with Crippen LogP contribution in [0.5, 0.6) is 0 Å². The molecule has 1 N–H and O–H groups in total. The number of hydrogen-bond donors (Lipinski definition) is 1. The molecule has 2 heterocycles. The number of anilines is 1. The summed E-state index contributed by atoms with van der Waals surface area (Å²) in [5, 5.41) is 3.87. The number of carbonyl (C=O) groups is 1. The molecule has 2 aliphatic heterocycles. The van der Waals surface area contributed by atoms with Gasteiger partial charge in [0.2, 0.25) is 5.96 Å². The van der Waals surface area contributed by atoms with Crippen molar-refractivity contribution in [3.63, 3.8) is 0 Å². The highest BCUT2D eigenvalue weighted by atomic mass is 35.5. The van der Waals surface area contributed by atoms with E-state index in [1.807, 2.05) is 49.5 Å². The first kappa shape index (κ1) is 16.8. The molecule has 1 aromatic carbocycles. The molecule has 0 bridgehead atoms. The second-order valence-corrected chi connectivity index (χ2v) is 6.91. The Balaban J connectivity index is 1.77. The van der Waals surface area contributed by atoms with Crippen LogP contribution in [0.15, 0.2) is 74.5 Å². The van der Waals surface area contributed by atoms with Gasteiger partial charge in [-0.3, -0.25) is 4.79 Å². The Hall–Kier alpha value is -2.66. The Morgan fingerprint density at radius 1 is 1.27 bits per heavy atom. The number of rotatable bonds is 2. The van der Waals surface area contributed by atoms with E-state index in [9.17, 15) is 4.79 Å². The molecule has 3 aliphatic rings. The summed E-state index contributed by atoms with van der Waals surface area (Å²) >= 11 is 6.13. The Bertz CT molecular complexity index is 896. The van der Waals surface area contributed by atoms with Gasteiger partial charge in [0.05, 0.1) is 11.7 Å². The lowest BCUT2D eigenvalue weighted by molar-refractivity contribution is -0.114. The van der Waals surface area contributed by atoms with E-state index in [-0.39, 0.29) is 11.9 Å². The van der Waals surface area contributed by atoms with Gasteiger partial charge in [-0.2, -0.15) is 0 Å². The highest BCUT2D eigenvalue weighted by molar-refractivity contribution is 6.32. The van der Waals surface area contributed by atoms with Crippen LogP contribution in [0.25, 0.3) is 0 Å². The molecule has 0 saturated heterocycles. The maximum atomic E-state index is 13.2. The molecule has 4 rings (SSSR count). The van der Waals surface area contributed by atoms with E-state index < -0.39 is 0 Å². The summed E-state index contributed by atoms with van der Waals surface area (Å²) in [4.78, 5) is 24.1. The van der Waals surface area contributed by atoms with Crippen molar-refractivity contribution in [3.8, 4) is 0 Å². The number of guanidine groups is 1. The van der Waals surface area contributed by atoms with Gasteiger partial charge in [-0.05, 0) is 50.0 Å². The summed E-state index contributed by atoms with van der Waals surface area (Å²) in [6, 6.07) is 9.28. The number of halogens is 1. The minimum absolute atomic E-state index is 0.108. The molecule has 0 radical (unpaired) electrons. The van der Waals surface area contributed by atoms with Crippen molar-refractivity contribution in [2.45, 2.75) is 32.2 Å². The molecule has 1 unspecified atom stereocenters. The van der Waals surface area contributed by atoms with E-state index in [4.69, 9.17) is 16.6 Å². The van der Waals surface area contributed by atoms with Crippen LogP contribution >= 0.6 is 11.6 Å². The number of hydrogen-bond acceptors (Lipinski definition) is 4. The number of aliphatic imine (C=N–C) groups is 2. The molecule has 1 aromatic rings. The van der Waals surface area contributed by atoms with Gasteiger partial charge in [0.15, 0.2) is 0 Å². The predicted molar refractivity (Wildman–Crippen MR) is 105 cm³/mol. The molecule has 26 heavy (non-hydrogen) atoms. The lowest BCUT2D eigenvalue weighted by atomic mass is 9.96. The Morgan fingerprint density at radius 3 is 2.85 bits per heavy atom. The Labute approximate surface area is 157 Å². The normalized spacial score (nSPS) is 22.5. The fourth-order valence-electron chi connectivity index (χ4n) is 3.23. The van der Waals surface area contributed by atoms with Crippen molar-refractivity contribution in [3.05, 3.63) is 64.5 Å². The van der Waals surface area contributed by atoms with Crippen molar-refractivity contribution in [1.29, 1.82) is 0 Å². The van der Waals surface area contributed by atoms with Gasteiger partial charge in [0, 0.05) is 16.8 Å². The molecule has 0 fully saturated rings. The van der Waals surface area contributed by atoms with Crippen LogP contribution in [0.2, 0.25) is 0 Å². The number of fused-ring (bicyclic) bond motifs is 1. The van der Waals surface area contributed by atoms with E-state index in [1.165, 1.54) is 0 Å². The highest BCUT2D eigenvalue weighted by Gasteiger charge is 2.36. The van der Waals surface area contributed by atoms with Crippen molar-refractivity contribution in [2.75, 3.05) is 4.90 Å². The van der Waals surface area contributed by atoms with Crippen LogP contribution in [0.1, 0.15) is 26.2 Å². The zero-order chi connectivity index (χ0) is 18.1. The number of para-hydroxylation sites is 1. The van der Waals surface area contributed by atoms with Gasteiger partial charge >= 0.3 is 0 Å². The summed E-state index contributed by atoms with van der Waals surface area (Å²) in [7, 11) is 0. The van der Waals surface area contributed by atoms with Gasteiger partial charge in [-0.15, -0.1) is 0 Å². The molecule has 132 valence electrons. The molecule has 0 saturated carbocycles. The summed E-state index contributed by atoms with van der Waals surface area (Å²) in [6.07, 6.45) is 8.01. The maximum absolute atomic E-state index is 13.2. The third-order valence-electron chi connectivity index (χ3n) is 4.65. The monoisotopic (exact) mass is 366 g/mol. The summed E-state index contributed by atoms with van der Waals surface area (Å²) in [5.74, 6) is 1.16. The molecule has 0 aromatic heterocycles. The molecule has 6 heteroatoms. The minimum atomic E-state index is -0.221. The van der Waals surface area contributed by atoms with Crippen molar-refractivity contribution >= 4 is 35.4 Å². The van der Waals surface area contributed by atoms with E-state index in [1.54, 1.807) is 11.0 Å². The second kappa shape index (κ2) is 6.92. The lowest BCUT2D eigenvalue weighted by Gasteiger charge is -2.34. The van der Waals surface area contributed by atoms with Crippen molar-refractivity contribution < 1.29 is 4.79 Å². The second-order valence-electron chi connectivity index (χ2n) is 6.47. The molecule has 1 atom stereocenters. The van der Waals surface area contributed by atoms with Gasteiger partial charge in [0.25, 0.3) is 5.91 Å². The number of allylic oxidation sites excluding steroid dienone is 3. The largest absolute Gasteiger partial charge is 0.310 e. The average Bonchev–Trinajstić information content (AvgIpc) is 2.65. The molecular formula is C20H19ClN4O. The molecule has 1 aliphatic carbocycles. The van der Waals surface area contributed by atoms with Gasteiger partial charge in [-0.25, -0.2) is 14.9 Å². The quantitative estimate of drug-likeness (QED) is 0.863. The van der Waals surface area contributed by atoms with Crippen molar-refractivity contribution in [1.82, 2.24) is 5.32 Å². The first-order valence-electron chi connectivity index (χ1n) is 8.67. The molecule has 5 nitrogen and oxygen atoms in total. The molecule has 0 spiro atoms. The predicted octanol–water partition coefficient (Wildman–Crippen LogP) is 3.90. The molecular weight excluding hydrogens is 348 g/mol. The zero-order valence-electron chi connectivity index (χ0n) is 14.4. The third-order valence-corrected chi connectivity index (χ3v) is 4.91. The van der Waals surface area contributed by atoms with E-state index in [2.05, 4.69) is 10.3 Å². The van der Waals surface area contributed by atoms with Crippen LogP contribution in [-0.2, 0) is 4.79 Å². The van der Waals surface area contributed by atoms with E-state index in [0.29, 0.717) is 23.0 Å². The smallest absolute Gasteiger partial charge is 0.263 e. The number of amides is 1. The fourth-order valence-corrected chi connectivity index (χ4v) is 3.43. The average molecular weight is 367 g/mol. The number of nitrogens with zero attached hydrogens (tertiary/aromatic N) is 3.